The van der Waals surface area contributed by atoms with E-state index >= 15 is 0 Å². The summed E-state index contributed by atoms with van der Waals surface area (Å²) in [5.41, 5.74) is 0.841. The minimum Gasteiger partial charge on any atom is -0.345 e. The van der Waals surface area contributed by atoms with E-state index in [1.54, 1.807) is 4.90 Å². The first-order valence-corrected chi connectivity index (χ1v) is 12.9. The minimum atomic E-state index is -4.70. The van der Waals surface area contributed by atoms with Gasteiger partial charge in [0.15, 0.2) is 11.0 Å². The number of carbonyl (C=O) groups excluding carboxylic acids is 2. The Morgan fingerprint density at radius 2 is 1.67 bits per heavy atom. The number of hydrogen-bond acceptors (Lipinski definition) is 5. The second-order valence-corrected chi connectivity index (χ2v) is 9.59. The van der Waals surface area contributed by atoms with Gasteiger partial charge in [-0.15, -0.1) is 10.2 Å². The highest BCUT2D eigenvalue weighted by atomic mass is 32.2. The van der Waals surface area contributed by atoms with E-state index in [4.69, 9.17) is 0 Å². The van der Waals surface area contributed by atoms with Crippen LogP contribution in [0.5, 0.6) is 0 Å². The fraction of sp³-hybridized carbons (Fsp3) is 0.185. The summed E-state index contributed by atoms with van der Waals surface area (Å²) in [6.45, 7) is 0.309. The molecule has 0 spiro atoms. The summed E-state index contributed by atoms with van der Waals surface area (Å²) < 4.78 is 55.2. The molecule has 1 aliphatic rings. The number of hydrogen-bond donors (Lipinski definition) is 1. The van der Waals surface area contributed by atoms with Crippen molar-refractivity contribution in [2.45, 2.75) is 24.3 Å². The Labute approximate surface area is 224 Å². The number of halogens is 4. The first-order chi connectivity index (χ1) is 18.7. The molecule has 0 radical (unpaired) electrons. The van der Waals surface area contributed by atoms with Gasteiger partial charge in [-0.3, -0.25) is 14.2 Å². The van der Waals surface area contributed by atoms with Crippen molar-refractivity contribution in [3.05, 3.63) is 101 Å². The molecule has 0 atom stereocenters. The van der Waals surface area contributed by atoms with Gasteiger partial charge in [-0.05, 0) is 54.4 Å². The SMILES string of the molecule is O=C(NCc1nnc(SCC(=O)N2CCc3ccccc32)n1-c1ccc(F)cc1)c1ccccc1C(F)(F)F. The summed E-state index contributed by atoms with van der Waals surface area (Å²) in [4.78, 5) is 27.4. The molecular weight excluding hydrogens is 534 g/mol. The maximum Gasteiger partial charge on any atom is 0.417 e. The van der Waals surface area contributed by atoms with E-state index in [1.807, 2.05) is 24.3 Å². The number of para-hydroxylation sites is 1. The van der Waals surface area contributed by atoms with E-state index in [-0.39, 0.29) is 24.0 Å². The van der Waals surface area contributed by atoms with Crippen molar-refractivity contribution in [3.8, 4) is 5.69 Å². The molecule has 1 aliphatic heterocycles. The number of rotatable bonds is 7. The van der Waals surface area contributed by atoms with Gasteiger partial charge in [-0.2, -0.15) is 13.2 Å². The maximum atomic E-state index is 13.6. The molecular formula is C27H21F4N5O2S. The van der Waals surface area contributed by atoms with Crippen LogP contribution in [0.2, 0.25) is 0 Å². The molecule has 0 bridgehead atoms. The van der Waals surface area contributed by atoms with Gasteiger partial charge >= 0.3 is 6.18 Å². The number of alkyl halides is 3. The average Bonchev–Trinajstić information content (AvgIpc) is 3.55. The van der Waals surface area contributed by atoms with Crippen LogP contribution in [0.4, 0.5) is 23.2 Å². The summed E-state index contributed by atoms with van der Waals surface area (Å²) in [5.74, 6) is -1.30. The minimum absolute atomic E-state index is 0.0407. The lowest BCUT2D eigenvalue weighted by Gasteiger charge is -2.17. The normalized spacial score (nSPS) is 12.9. The predicted octanol–water partition coefficient (Wildman–Crippen LogP) is 5.04. The van der Waals surface area contributed by atoms with Crippen molar-refractivity contribution in [3.63, 3.8) is 0 Å². The maximum absolute atomic E-state index is 13.6. The monoisotopic (exact) mass is 555 g/mol. The number of aromatic nitrogens is 3. The van der Waals surface area contributed by atoms with E-state index in [0.717, 1.165) is 41.6 Å². The fourth-order valence-electron chi connectivity index (χ4n) is 4.34. The number of anilines is 1. The second-order valence-electron chi connectivity index (χ2n) is 8.65. The summed E-state index contributed by atoms with van der Waals surface area (Å²) in [6, 6.07) is 17.6. The topological polar surface area (TPSA) is 80.1 Å². The second kappa shape index (κ2) is 10.9. The molecule has 0 fully saturated rings. The third kappa shape index (κ3) is 5.65. The molecule has 0 aliphatic carbocycles. The lowest BCUT2D eigenvalue weighted by Crippen LogP contribution is -2.30. The first kappa shape index (κ1) is 26.4. The molecule has 39 heavy (non-hydrogen) atoms. The Balaban J connectivity index is 1.36. The molecule has 0 unspecified atom stereocenters. The Kier molecular flexibility index (Phi) is 7.38. The largest absolute Gasteiger partial charge is 0.417 e. The fourth-order valence-corrected chi connectivity index (χ4v) is 5.19. The van der Waals surface area contributed by atoms with Crippen LogP contribution in [0, 0.1) is 5.82 Å². The molecule has 0 saturated heterocycles. The van der Waals surface area contributed by atoms with Crippen LogP contribution in [0.25, 0.3) is 5.69 Å². The van der Waals surface area contributed by atoms with Crippen LogP contribution >= 0.6 is 11.8 Å². The first-order valence-electron chi connectivity index (χ1n) is 11.9. The number of thioether (sulfide) groups is 1. The highest BCUT2D eigenvalue weighted by Crippen LogP contribution is 2.32. The van der Waals surface area contributed by atoms with Crippen molar-refractivity contribution in [1.29, 1.82) is 0 Å². The Hall–Kier alpha value is -4.19. The standard InChI is InChI=1S/C27H21F4N5O2S/c28-18-9-11-19(12-10-18)36-23(15-32-25(38)20-6-2-3-7-21(20)27(29,30)31)33-34-26(36)39-16-24(37)35-14-13-17-5-1-4-8-22(17)35/h1-12H,13-16H2,(H,32,38). The van der Waals surface area contributed by atoms with E-state index in [2.05, 4.69) is 15.5 Å². The number of carbonyl (C=O) groups is 2. The number of fused-ring (bicyclic) bond motifs is 1. The van der Waals surface area contributed by atoms with Gasteiger partial charge in [0, 0.05) is 17.9 Å². The molecule has 7 nitrogen and oxygen atoms in total. The molecule has 0 saturated carbocycles. The van der Waals surface area contributed by atoms with Gasteiger partial charge in [0.05, 0.1) is 23.4 Å². The van der Waals surface area contributed by atoms with E-state index in [0.29, 0.717) is 17.4 Å². The van der Waals surface area contributed by atoms with Gasteiger partial charge < -0.3 is 10.2 Å². The van der Waals surface area contributed by atoms with Gasteiger partial charge in [0.25, 0.3) is 5.91 Å². The average molecular weight is 556 g/mol. The van der Waals surface area contributed by atoms with E-state index in [1.165, 1.54) is 41.0 Å². The molecule has 3 aromatic carbocycles. The van der Waals surface area contributed by atoms with Crippen LogP contribution in [0.1, 0.15) is 27.3 Å². The summed E-state index contributed by atoms with van der Waals surface area (Å²) in [7, 11) is 0. The van der Waals surface area contributed by atoms with Crippen LogP contribution < -0.4 is 10.2 Å². The van der Waals surface area contributed by atoms with Gasteiger partial charge in [-0.1, -0.05) is 42.1 Å². The quantitative estimate of drug-likeness (QED) is 0.256. The van der Waals surface area contributed by atoms with Crippen molar-refractivity contribution in [2.24, 2.45) is 0 Å². The summed E-state index contributed by atoms with van der Waals surface area (Å²) in [6.07, 6.45) is -3.94. The zero-order valence-corrected chi connectivity index (χ0v) is 21.1. The highest BCUT2D eigenvalue weighted by molar-refractivity contribution is 7.99. The molecule has 4 aromatic rings. The molecule has 200 valence electrons. The highest BCUT2D eigenvalue weighted by Gasteiger charge is 2.35. The van der Waals surface area contributed by atoms with Crippen molar-refractivity contribution < 1.29 is 27.2 Å². The Bertz CT molecular complexity index is 1520. The molecule has 1 aromatic heterocycles. The summed E-state index contributed by atoms with van der Waals surface area (Å²) >= 11 is 1.12. The third-order valence-electron chi connectivity index (χ3n) is 6.18. The van der Waals surface area contributed by atoms with Crippen molar-refractivity contribution >= 4 is 29.3 Å². The van der Waals surface area contributed by atoms with Gasteiger partial charge in [0.1, 0.15) is 5.82 Å². The van der Waals surface area contributed by atoms with Crippen LogP contribution in [0.3, 0.4) is 0 Å². The van der Waals surface area contributed by atoms with Crippen molar-refractivity contribution in [1.82, 2.24) is 20.1 Å². The predicted molar refractivity (Wildman–Crippen MR) is 137 cm³/mol. The van der Waals surface area contributed by atoms with Crippen molar-refractivity contribution in [2.75, 3.05) is 17.2 Å². The molecule has 1 N–H and O–H groups in total. The Morgan fingerprint density at radius 1 is 0.949 bits per heavy atom. The van der Waals surface area contributed by atoms with Crippen LogP contribution in [-0.2, 0) is 23.9 Å². The lowest BCUT2D eigenvalue weighted by molar-refractivity contribution is -0.138. The van der Waals surface area contributed by atoms with Gasteiger partial charge in [0.2, 0.25) is 5.91 Å². The number of amides is 2. The van der Waals surface area contributed by atoms with Gasteiger partial charge in [-0.25, -0.2) is 4.39 Å². The Morgan fingerprint density at radius 3 is 2.44 bits per heavy atom. The number of nitrogens with zero attached hydrogens (tertiary/aromatic N) is 4. The van der Waals surface area contributed by atoms with E-state index < -0.39 is 29.0 Å². The molecule has 2 heterocycles. The molecule has 2 amide bonds. The molecule has 5 rings (SSSR count). The zero-order valence-electron chi connectivity index (χ0n) is 20.3. The number of benzene rings is 3. The molecule has 12 heteroatoms. The van der Waals surface area contributed by atoms with E-state index in [9.17, 15) is 27.2 Å². The smallest absolute Gasteiger partial charge is 0.345 e. The number of nitrogens with one attached hydrogen (secondary N) is 1. The van der Waals surface area contributed by atoms with Crippen LogP contribution in [-0.4, -0.2) is 38.9 Å². The lowest BCUT2D eigenvalue weighted by atomic mass is 10.1. The van der Waals surface area contributed by atoms with Crippen LogP contribution in [0.15, 0.2) is 78.0 Å². The summed E-state index contributed by atoms with van der Waals surface area (Å²) in [5, 5.41) is 11.0. The zero-order chi connectivity index (χ0) is 27.6. The third-order valence-corrected chi connectivity index (χ3v) is 7.10.